The molecule has 3 aromatic rings. The summed E-state index contributed by atoms with van der Waals surface area (Å²) in [6, 6.07) is 6.17. The summed E-state index contributed by atoms with van der Waals surface area (Å²) in [7, 11) is -3.66. The number of aromatic amines is 1. The number of tetrazole rings is 1. The topological polar surface area (TPSA) is 123 Å². The molecular weight excluding hydrogens is 328 g/mol. The Bertz CT molecular complexity index is 954. The number of benzene rings is 1. The van der Waals surface area contributed by atoms with Gasteiger partial charge in [0.15, 0.2) is 4.21 Å². The molecule has 0 aliphatic rings. The molecule has 0 fully saturated rings. The standard InChI is InChI=1S/C11H10N6O3S2/c1-7-12-6-10(21-7)22(19,20)14-8-2-4-9(5-3-8)17-11(18)13-15-16-17/h2-6,14H,1H3,(H,13,16,18). The minimum atomic E-state index is -3.66. The van der Waals surface area contributed by atoms with E-state index in [9.17, 15) is 13.2 Å². The Balaban J connectivity index is 1.85. The first-order chi connectivity index (χ1) is 10.5. The second kappa shape index (κ2) is 5.35. The number of anilines is 1. The molecule has 3 rings (SSSR count). The molecular formula is C11H10N6O3S2. The summed E-state index contributed by atoms with van der Waals surface area (Å²) in [6.45, 7) is 1.73. The van der Waals surface area contributed by atoms with Gasteiger partial charge in [-0.2, -0.15) is 4.68 Å². The molecule has 0 aliphatic carbocycles. The summed E-state index contributed by atoms with van der Waals surface area (Å²) >= 11 is 1.09. The minimum Gasteiger partial charge on any atom is -0.279 e. The van der Waals surface area contributed by atoms with Gasteiger partial charge >= 0.3 is 5.69 Å². The van der Waals surface area contributed by atoms with Gasteiger partial charge in [0.2, 0.25) is 0 Å². The minimum absolute atomic E-state index is 0.141. The molecule has 11 heteroatoms. The van der Waals surface area contributed by atoms with Crippen LogP contribution in [0.4, 0.5) is 5.69 Å². The smallest absolute Gasteiger partial charge is 0.279 e. The van der Waals surface area contributed by atoms with E-state index in [0.29, 0.717) is 16.4 Å². The first-order valence-corrected chi connectivity index (χ1v) is 8.32. The lowest BCUT2D eigenvalue weighted by Crippen LogP contribution is -2.16. The van der Waals surface area contributed by atoms with Crippen LogP contribution < -0.4 is 10.4 Å². The molecule has 2 aromatic heterocycles. The third-order valence-electron chi connectivity index (χ3n) is 2.70. The van der Waals surface area contributed by atoms with Gasteiger partial charge in [0.25, 0.3) is 10.0 Å². The molecule has 0 atom stereocenters. The number of aryl methyl sites for hydroxylation is 1. The van der Waals surface area contributed by atoms with Crippen molar-refractivity contribution in [2.75, 3.05) is 4.72 Å². The summed E-state index contributed by atoms with van der Waals surface area (Å²) in [5, 5.41) is 9.81. The van der Waals surface area contributed by atoms with Gasteiger partial charge in [0, 0.05) is 5.69 Å². The van der Waals surface area contributed by atoms with Gasteiger partial charge in [-0.3, -0.25) is 4.72 Å². The van der Waals surface area contributed by atoms with E-state index < -0.39 is 15.7 Å². The highest BCUT2D eigenvalue weighted by atomic mass is 32.2. The molecule has 2 heterocycles. The maximum atomic E-state index is 12.2. The first-order valence-electron chi connectivity index (χ1n) is 6.02. The van der Waals surface area contributed by atoms with Gasteiger partial charge in [-0.1, -0.05) is 0 Å². The Hall–Kier alpha value is -2.53. The number of rotatable bonds is 4. The predicted octanol–water partition coefficient (Wildman–Crippen LogP) is 0.521. The van der Waals surface area contributed by atoms with E-state index in [-0.39, 0.29) is 4.21 Å². The molecule has 1 aromatic carbocycles. The van der Waals surface area contributed by atoms with Crippen molar-refractivity contribution in [1.29, 1.82) is 0 Å². The zero-order chi connectivity index (χ0) is 15.7. The lowest BCUT2D eigenvalue weighted by atomic mass is 10.3. The molecule has 0 spiro atoms. The number of hydrogen-bond acceptors (Lipinski definition) is 7. The molecule has 0 bridgehead atoms. The van der Waals surface area contributed by atoms with Crippen molar-refractivity contribution in [2.24, 2.45) is 0 Å². The molecule has 22 heavy (non-hydrogen) atoms. The fourth-order valence-corrected chi connectivity index (χ4v) is 3.88. The first kappa shape index (κ1) is 14.4. The lowest BCUT2D eigenvalue weighted by molar-refractivity contribution is 0.603. The molecule has 0 unspecified atom stereocenters. The maximum absolute atomic E-state index is 12.2. The average molecular weight is 338 g/mol. The Labute approximate surface area is 128 Å². The van der Waals surface area contributed by atoms with Gasteiger partial charge in [-0.25, -0.2) is 23.3 Å². The molecule has 9 nitrogen and oxygen atoms in total. The van der Waals surface area contributed by atoms with Gasteiger partial charge in [-0.15, -0.1) is 11.3 Å². The number of H-pyrrole nitrogens is 1. The third kappa shape index (κ3) is 2.76. The molecule has 0 radical (unpaired) electrons. The second-order valence-corrected chi connectivity index (χ2v) is 7.41. The van der Waals surface area contributed by atoms with Crippen LogP contribution in [0.3, 0.4) is 0 Å². The van der Waals surface area contributed by atoms with Crippen LogP contribution in [-0.4, -0.2) is 33.6 Å². The van der Waals surface area contributed by atoms with E-state index in [4.69, 9.17) is 0 Å². The molecule has 0 amide bonds. The zero-order valence-corrected chi connectivity index (χ0v) is 12.8. The molecule has 0 saturated heterocycles. The number of nitrogens with one attached hydrogen (secondary N) is 2. The number of aromatic nitrogens is 5. The van der Waals surface area contributed by atoms with Crippen molar-refractivity contribution in [3.8, 4) is 5.69 Å². The van der Waals surface area contributed by atoms with E-state index >= 15 is 0 Å². The second-order valence-electron chi connectivity index (χ2n) is 4.27. The maximum Gasteiger partial charge on any atom is 0.365 e. The predicted molar refractivity (Wildman–Crippen MR) is 79.6 cm³/mol. The van der Waals surface area contributed by atoms with Gasteiger partial charge in [0.1, 0.15) is 0 Å². The number of thiazole rings is 1. The van der Waals surface area contributed by atoms with Crippen LogP contribution in [0.1, 0.15) is 5.01 Å². The molecule has 114 valence electrons. The summed E-state index contributed by atoms with van der Waals surface area (Å²) in [5.41, 5.74) is 0.357. The fraction of sp³-hybridized carbons (Fsp3) is 0.0909. The normalized spacial score (nSPS) is 11.5. The monoisotopic (exact) mass is 338 g/mol. The average Bonchev–Trinajstić information content (AvgIpc) is 3.08. The van der Waals surface area contributed by atoms with Gasteiger partial charge in [0.05, 0.1) is 16.9 Å². The van der Waals surface area contributed by atoms with Crippen molar-refractivity contribution in [1.82, 2.24) is 25.2 Å². The van der Waals surface area contributed by atoms with Gasteiger partial charge in [-0.05, 0) is 41.6 Å². The van der Waals surface area contributed by atoms with Crippen LogP contribution in [0.25, 0.3) is 5.69 Å². The van der Waals surface area contributed by atoms with Crippen LogP contribution in [0.5, 0.6) is 0 Å². The van der Waals surface area contributed by atoms with E-state index in [2.05, 4.69) is 25.2 Å². The Morgan fingerprint density at radius 1 is 1.27 bits per heavy atom. The highest BCUT2D eigenvalue weighted by molar-refractivity contribution is 7.94. The third-order valence-corrected chi connectivity index (χ3v) is 5.46. The SMILES string of the molecule is Cc1ncc(S(=O)(=O)Nc2ccc(-n3nn[nH]c3=O)cc2)s1. The number of sulfonamides is 1. The van der Waals surface area contributed by atoms with Crippen LogP contribution >= 0.6 is 11.3 Å². The Morgan fingerprint density at radius 3 is 2.55 bits per heavy atom. The van der Waals surface area contributed by atoms with Crippen molar-refractivity contribution in [3.05, 3.63) is 46.0 Å². The summed E-state index contributed by atoms with van der Waals surface area (Å²) in [4.78, 5) is 15.3. The summed E-state index contributed by atoms with van der Waals surface area (Å²) < 4.78 is 28.0. The largest absolute Gasteiger partial charge is 0.365 e. The van der Waals surface area contributed by atoms with Crippen molar-refractivity contribution < 1.29 is 8.42 Å². The van der Waals surface area contributed by atoms with E-state index in [0.717, 1.165) is 16.0 Å². The molecule has 0 aliphatic heterocycles. The van der Waals surface area contributed by atoms with Crippen LogP contribution in [-0.2, 0) is 10.0 Å². The highest BCUT2D eigenvalue weighted by Crippen LogP contribution is 2.21. The Morgan fingerprint density at radius 2 is 2.00 bits per heavy atom. The van der Waals surface area contributed by atoms with Crippen molar-refractivity contribution in [3.63, 3.8) is 0 Å². The van der Waals surface area contributed by atoms with E-state index in [1.807, 2.05) is 0 Å². The summed E-state index contributed by atoms with van der Waals surface area (Å²) in [5.74, 6) is 0. The van der Waals surface area contributed by atoms with E-state index in [1.165, 1.54) is 18.3 Å². The Kier molecular flexibility index (Phi) is 3.50. The lowest BCUT2D eigenvalue weighted by Gasteiger charge is -2.06. The fourth-order valence-electron chi connectivity index (χ4n) is 1.71. The van der Waals surface area contributed by atoms with Crippen LogP contribution in [0.15, 0.2) is 39.5 Å². The van der Waals surface area contributed by atoms with Crippen molar-refractivity contribution >= 4 is 27.0 Å². The number of nitrogens with zero attached hydrogens (tertiary/aromatic N) is 4. The van der Waals surface area contributed by atoms with E-state index in [1.54, 1.807) is 19.1 Å². The van der Waals surface area contributed by atoms with Crippen LogP contribution in [0.2, 0.25) is 0 Å². The number of hydrogen-bond donors (Lipinski definition) is 2. The molecule has 0 saturated carbocycles. The molecule has 2 N–H and O–H groups in total. The highest BCUT2D eigenvalue weighted by Gasteiger charge is 2.17. The quantitative estimate of drug-likeness (QED) is 0.715. The zero-order valence-electron chi connectivity index (χ0n) is 11.2. The van der Waals surface area contributed by atoms with Crippen LogP contribution in [0, 0.1) is 6.92 Å². The van der Waals surface area contributed by atoms with Crippen molar-refractivity contribution in [2.45, 2.75) is 11.1 Å². The van der Waals surface area contributed by atoms with Gasteiger partial charge < -0.3 is 0 Å². The summed E-state index contributed by atoms with van der Waals surface area (Å²) in [6.07, 6.45) is 1.31.